The number of benzene rings is 1. The molecule has 0 aromatic heterocycles. The Kier molecular flexibility index (Phi) is 5.02. The SMILES string of the molecule is CC(C)(C)C1CCC(Cl)C(Cc2ccc(F)c(Cl)c2)C1. The van der Waals surface area contributed by atoms with Crippen LogP contribution in [0, 0.1) is 23.1 Å². The van der Waals surface area contributed by atoms with Crippen molar-refractivity contribution in [1.29, 1.82) is 0 Å². The highest BCUT2D eigenvalue weighted by Gasteiger charge is 2.35. The highest BCUT2D eigenvalue weighted by molar-refractivity contribution is 6.30. The third kappa shape index (κ3) is 3.89. The number of hydrogen-bond donors (Lipinski definition) is 0. The summed E-state index contributed by atoms with van der Waals surface area (Å²) in [7, 11) is 0. The number of alkyl halides is 1. The van der Waals surface area contributed by atoms with Gasteiger partial charge < -0.3 is 0 Å². The van der Waals surface area contributed by atoms with Crippen LogP contribution in [0.1, 0.15) is 45.6 Å². The minimum Gasteiger partial charge on any atom is -0.205 e. The van der Waals surface area contributed by atoms with Gasteiger partial charge in [-0.05, 0) is 60.6 Å². The second-order valence-corrected chi connectivity index (χ2v) is 8.07. The van der Waals surface area contributed by atoms with Crippen molar-refractivity contribution in [3.63, 3.8) is 0 Å². The molecular weight excluding hydrogens is 294 g/mol. The van der Waals surface area contributed by atoms with E-state index in [0.29, 0.717) is 17.3 Å². The first-order chi connectivity index (χ1) is 9.27. The quantitative estimate of drug-likeness (QED) is 0.579. The average Bonchev–Trinajstić information content (AvgIpc) is 2.35. The lowest BCUT2D eigenvalue weighted by Crippen LogP contribution is -2.33. The molecule has 3 atom stereocenters. The van der Waals surface area contributed by atoms with E-state index >= 15 is 0 Å². The largest absolute Gasteiger partial charge is 0.205 e. The fourth-order valence-corrected chi connectivity index (χ4v) is 3.72. The topological polar surface area (TPSA) is 0 Å². The van der Waals surface area contributed by atoms with Crippen molar-refractivity contribution in [2.24, 2.45) is 17.3 Å². The summed E-state index contributed by atoms with van der Waals surface area (Å²) in [6.07, 6.45) is 4.31. The van der Waals surface area contributed by atoms with Crippen LogP contribution < -0.4 is 0 Å². The van der Waals surface area contributed by atoms with Crippen molar-refractivity contribution in [2.45, 2.75) is 51.8 Å². The molecule has 0 amide bonds. The molecule has 0 nitrogen and oxygen atoms in total. The summed E-state index contributed by atoms with van der Waals surface area (Å²) in [5.41, 5.74) is 1.41. The van der Waals surface area contributed by atoms with Crippen LogP contribution in [0.5, 0.6) is 0 Å². The molecule has 0 spiro atoms. The fraction of sp³-hybridized carbons (Fsp3) is 0.647. The Labute approximate surface area is 131 Å². The molecule has 3 unspecified atom stereocenters. The summed E-state index contributed by atoms with van der Waals surface area (Å²) in [6.45, 7) is 6.91. The smallest absolute Gasteiger partial charge is 0.141 e. The summed E-state index contributed by atoms with van der Waals surface area (Å²) in [6, 6.07) is 5.01. The summed E-state index contributed by atoms with van der Waals surface area (Å²) in [4.78, 5) is 0. The lowest BCUT2D eigenvalue weighted by Gasteiger charge is -2.40. The first kappa shape index (κ1) is 16.1. The molecule has 0 aliphatic heterocycles. The molecule has 1 saturated carbocycles. The second kappa shape index (κ2) is 6.23. The summed E-state index contributed by atoms with van der Waals surface area (Å²) in [5.74, 6) is 0.809. The maximum atomic E-state index is 13.2. The van der Waals surface area contributed by atoms with Gasteiger partial charge in [0.2, 0.25) is 0 Å². The zero-order valence-electron chi connectivity index (χ0n) is 12.4. The van der Waals surface area contributed by atoms with Crippen LogP contribution in [0.15, 0.2) is 18.2 Å². The van der Waals surface area contributed by atoms with Crippen molar-refractivity contribution in [1.82, 2.24) is 0 Å². The molecule has 1 fully saturated rings. The summed E-state index contributed by atoms with van der Waals surface area (Å²) >= 11 is 12.4. The molecule has 0 bridgehead atoms. The van der Waals surface area contributed by atoms with Crippen LogP contribution >= 0.6 is 23.2 Å². The maximum absolute atomic E-state index is 13.2. The Balaban J connectivity index is 2.08. The Morgan fingerprint density at radius 1 is 1.25 bits per heavy atom. The Hall–Kier alpha value is -0.270. The lowest BCUT2D eigenvalue weighted by molar-refractivity contribution is 0.144. The molecule has 112 valence electrons. The van der Waals surface area contributed by atoms with Crippen LogP contribution in [-0.4, -0.2) is 5.38 Å². The van der Waals surface area contributed by atoms with E-state index in [2.05, 4.69) is 20.8 Å². The van der Waals surface area contributed by atoms with Crippen LogP contribution in [-0.2, 0) is 6.42 Å². The molecule has 1 aliphatic carbocycles. The first-order valence-electron chi connectivity index (χ1n) is 7.35. The minimum atomic E-state index is -0.353. The predicted octanol–water partition coefficient (Wildman–Crippen LogP) is 6.09. The molecule has 1 aromatic rings. The molecule has 2 rings (SSSR count). The van der Waals surface area contributed by atoms with E-state index in [9.17, 15) is 4.39 Å². The summed E-state index contributed by atoms with van der Waals surface area (Å²) in [5, 5.41) is 0.425. The van der Waals surface area contributed by atoms with Crippen LogP contribution in [0.4, 0.5) is 4.39 Å². The molecule has 0 N–H and O–H groups in total. The average molecular weight is 317 g/mol. The normalized spacial score (nSPS) is 27.6. The van der Waals surface area contributed by atoms with Gasteiger partial charge in [0.15, 0.2) is 0 Å². The van der Waals surface area contributed by atoms with Crippen molar-refractivity contribution >= 4 is 23.2 Å². The van der Waals surface area contributed by atoms with Gasteiger partial charge in [-0.3, -0.25) is 0 Å². The van der Waals surface area contributed by atoms with Crippen molar-refractivity contribution in [3.8, 4) is 0 Å². The Bertz CT molecular complexity index is 465. The zero-order chi connectivity index (χ0) is 14.9. The van der Waals surface area contributed by atoms with Gasteiger partial charge in [-0.15, -0.1) is 11.6 Å². The van der Waals surface area contributed by atoms with Crippen molar-refractivity contribution < 1.29 is 4.39 Å². The van der Waals surface area contributed by atoms with E-state index in [1.165, 1.54) is 12.5 Å². The van der Waals surface area contributed by atoms with Gasteiger partial charge in [-0.25, -0.2) is 4.39 Å². The van der Waals surface area contributed by atoms with Crippen molar-refractivity contribution in [2.75, 3.05) is 0 Å². The van der Waals surface area contributed by atoms with Gasteiger partial charge in [0.1, 0.15) is 5.82 Å². The molecule has 3 heteroatoms. The predicted molar refractivity (Wildman–Crippen MR) is 85.0 cm³/mol. The Morgan fingerprint density at radius 3 is 2.55 bits per heavy atom. The molecule has 0 radical (unpaired) electrons. The monoisotopic (exact) mass is 316 g/mol. The summed E-state index contributed by atoms with van der Waals surface area (Å²) < 4.78 is 13.2. The van der Waals surface area contributed by atoms with E-state index < -0.39 is 0 Å². The third-order valence-electron chi connectivity index (χ3n) is 4.60. The van der Waals surface area contributed by atoms with Crippen LogP contribution in [0.3, 0.4) is 0 Å². The Morgan fingerprint density at radius 2 is 1.95 bits per heavy atom. The molecule has 0 heterocycles. The van der Waals surface area contributed by atoms with Gasteiger partial charge in [0.05, 0.1) is 5.02 Å². The third-order valence-corrected chi connectivity index (χ3v) is 5.46. The van der Waals surface area contributed by atoms with Gasteiger partial charge in [-0.1, -0.05) is 38.4 Å². The molecular formula is C17H23Cl2F. The molecule has 20 heavy (non-hydrogen) atoms. The van der Waals surface area contributed by atoms with Gasteiger partial charge in [0, 0.05) is 5.38 Å². The van der Waals surface area contributed by atoms with E-state index in [1.54, 1.807) is 6.07 Å². The molecule has 0 saturated heterocycles. The van der Waals surface area contributed by atoms with E-state index in [-0.39, 0.29) is 16.2 Å². The first-order valence-corrected chi connectivity index (χ1v) is 8.17. The number of hydrogen-bond acceptors (Lipinski definition) is 0. The van der Waals surface area contributed by atoms with Crippen LogP contribution in [0.25, 0.3) is 0 Å². The molecule has 1 aliphatic rings. The van der Waals surface area contributed by atoms with Gasteiger partial charge >= 0.3 is 0 Å². The van der Waals surface area contributed by atoms with Gasteiger partial charge in [0.25, 0.3) is 0 Å². The molecule has 1 aromatic carbocycles. The second-order valence-electron chi connectivity index (χ2n) is 7.10. The maximum Gasteiger partial charge on any atom is 0.141 e. The van der Waals surface area contributed by atoms with Gasteiger partial charge in [-0.2, -0.15) is 0 Å². The highest BCUT2D eigenvalue weighted by Crippen LogP contribution is 2.43. The minimum absolute atomic E-state index is 0.205. The van der Waals surface area contributed by atoms with E-state index in [0.717, 1.165) is 24.8 Å². The number of rotatable bonds is 2. The van der Waals surface area contributed by atoms with Crippen molar-refractivity contribution in [3.05, 3.63) is 34.6 Å². The fourth-order valence-electron chi connectivity index (χ4n) is 3.19. The highest BCUT2D eigenvalue weighted by atomic mass is 35.5. The standard InChI is InChI=1S/C17H23Cl2F/c1-17(2,3)13-5-6-14(18)12(10-13)8-11-4-7-16(20)15(19)9-11/h4,7,9,12-14H,5-6,8,10H2,1-3H3. The lowest BCUT2D eigenvalue weighted by atomic mass is 9.68. The zero-order valence-corrected chi connectivity index (χ0v) is 13.9. The van der Waals surface area contributed by atoms with E-state index in [1.807, 2.05) is 6.07 Å². The van der Waals surface area contributed by atoms with E-state index in [4.69, 9.17) is 23.2 Å². The number of halogens is 3. The van der Waals surface area contributed by atoms with Crippen LogP contribution in [0.2, 0.25) is 5.02 Å².